The van der Waals surface area contributed by atoms with Crippen LogP contribution in [0.1, 0.15) is 36.9 Å². The number of H-pyrrole nitrogens is 1. The molecule has 1 fully saturated rings. The monoisotopic (exact) mass is 458 g/mol. The number of rotatable bonds is 7. The van der Waals surface area contributed by atoms with Crippen molar-refractivity contribution in [2.45, 2.75) is 44.8 Å². The molecule has 0 unspecified atom stereocenters. The summed E-state index contributed by atoms with van der Waals surface area (Å²) in [5.74, 6) is 2.26. The molecule has 5 rings (SSSR count). The Morgan fingerprint density at radius 2 is 1.91 bits per heavy atom. The molecule has 34 heavy (non-hydrogen) atoms. The van der Waals surface area contributed by atoms with Crippen LogP contribution >= 0.6 is 0 Å². The van der Waals surface area contributed by atoms with Gasteiger partial charge in [0.05, 0.1) is 7.11 Å². The summed E-state index contributed by atoms with van der Waals surface area (Å²) in [5, 5.41) is 14.3. The smallest absolute Gasteiger partial charge is 0.128 e. The summed E-state index contributed by atoms with van der Waals surface area (Å²) < 4.78 is 11.4. The number of aromatic nitrogens is 1. The quantitative estimate of drug-likeness (QED) is 0.376. The van der Waals surface area contributed by atoms with Crippen molar-refractivity contribution in [2.75, 3.05) is 26.8 Å². The molecule has 0 amide bonds. The molecule has 1 aliphatic rings. The Kier molecular flexibility index (Phi) is 6.48. The largest absolute Gasteiger partial charge is 0.497 e. The van der Waals surface area contributed by atoms with Crippen LogP contribution in [-0.2, 0) is 0 Å². The van der Waals surface area contributed by atoms with E-state index in [-0.39, 0.29) is 0 Å². The predicted molar refractivity (Wildman–Crippen MR) is 138 cm³/mol. The van der Waals surface area contributed by atoms with Crippen LogP contribution in [0, 0.1) is 6.92 Å². The lowest BCUT2D eigenvalue weighted by Gasteiger charge is -2.39. The van der Waals surface area contributed by atoms with E-state index < -0.39 is 6.10 Å². The molecule has 1 saturated heterocycles. The van der Waals surface area contributed by atoms with Gasteiger partial charge in [0.25, 0.3) is 0 Å². The van der Waals surface area contributed by atoms with Gasteiger partial charge in [0, 0.05) is 29.2 Å². The molecule has 2 N–H and O–H groups in total. The minimum atomic E-state index is -0.523. The van der Waals surface area contributed by atoms with Crippen molar-refractivity contribution in [1.29, 1.82) is 0 Å². The van der Waals surface area contributed by atoms with Gasteiger partial charge in [-0.25, -0.2) is 0 Å². The fraction of sp³-hybridized carbons (Fsp3) is 0.379. The summed E-state index contributed by atoms with van der Waals surface area (Å²) in [6.45, 7) is 6.22. The normalized spacial score (nSPS) is 20.0. The van der Waals surface area contributed by atoms with Crippen LogP contribution in [-0.4, -0.2) is 53.9 Å². The number of aliphatic hydroxyl groups is 1. The minimum Gasteiger partial charge on any atom is -0.497 e. The molecule has 5 heteroatoms. The van der Waals surface area contributed by atoms with Crippen LogP contribution in [0.2, 0.25) is 0 Å². The zero-order valence-electron chi connectivity index (χ0n) is 20.3. The molecule has 1 aromatic heterocycles. The maximum atomic E-state index is 10.7. The number of benzene rings is 3. The molecule has 4 aromatic rings. The number of fused-ring (bicyclic) bond motifs is 2. The number of methoxy groups -OCH3 is 1. The standard InChI is InChI=1S/C29H34N2O3/c1-19-13-27-28(30-19)5-4-6-29(27)34-18-25(32)17-31-12-11-24(14-20(31)2)21-7-8-23-16-26(33-3)10-9-22(23)15-21/h4-10,13,15-16,20,24-25,30,32H,11-12,14,17-18H2,1-3H3/t20-,24+,25-/m0/s1. The number of β-amino-alcohol motifs (C(OH)–C–C–N with tert-alkyl or cyclic N) is 1. The highest BCUT2D eigenvalue weighted by Crippen LogP contribution is 2.34. The van der Waals surface area contributed by atoms with E-state index in [9.17, 15) is 5.11 Å². The third-order valence-electron chi connectivity index (χ3n) is 7.19. The SMILES string of the molecule is COc1ccc2cc([C@@H]3CCN(C[C@H](O)COc4cccc5[nH]c(C)cc45)[C@@H](C)C3)ccc2c1. The molecule has 3 atom stereocenters. The van der Waals surface area contributed by atoms with E-state index in [2.05, 4.69) is 53.2 Å². The summed E-state index contributed by atoms with van der Waals surface area (Å²) in [4.78, 5) is 5.73. The van der Waals surface area contributed by atoms with Gasteiger partial charge in [-0.05, 0) is 85.8 Å². The highest BCUT2D eigenvalue weighted by atomic mass is 16.5. The van der Waals surface area contributed by atoms with Gasteiger partial charge >= 0.3 is 0 Å². The third kappa shape index (κ3) is 4.77. The highest BCUT2D eigenvalue weighted by Gasteiger charge is 2.28. The van der Waals surface area contributed by atoms with Crippen molar-refractivity contribution in [3.8, 4) is 11.5 Å². The van der Waals surface area contributed by atoms with Gasteiger partial charge in [-0.3, -0.25) is 4.90 Å². The summed E-state index contributed by atoms with van der Waals surface area (Å²) in [5.41, 5.74) is 3.57. The Bertz CT molecular complexity index is 1280. The average molecular weight is 459 g/mol. The molecule has 0 saturated carbocycles. The summed E-state index contributed by atoms with van der Waals surface area (Å²) in [6, 6.07) is 21.6. The van der Waals surface area contributed by atoms with Crippen LogP contribution < -0.4 is 9.47 Å². The van der Waals surface area contributed by atoms with Crippen LogP contribution in [0.25, 0.3) is 21.7 Å². The summed E-state index contributed by atoms with van der Waals surface area (Å²) in [6.07, 6.45) is 1.67. The van der Waals surface area contributed by atoms with Crippen molar-refractivity contribution in [2.24, 2.45) is 0 Å². The molecular formula is C29H34N2O3. The lowest BCUT2D eigenvalue weighted by molar-refractivity contribution is 0.0406. The molecule has 0 bridgehead atoms. The molecular weight excluding hydrogens is 424 g/mol. The molecule has 0 spiro atoms. The van der Waals surface area contributed by atoms with Gasteiger partial charge in [0.15, 0.2) is 0 Å². The van der Waals surface area contributed by atoms with Crippen molar-refractivity contribution >= 4 is 21.7 Å². The number of piperidine rings is 1. The number of aliphatic hydroxyl groups excluding tert-OH is 1. The number of hydrogen-bond acceptors (Lipinski definition) is 4. The number of nitrogens with zero attached hydrogens (tertiary/aromatic N) is 1. The number of likely N-dealkylation sites (tertiary alicyclic amines) is 1. The maximum absolute atomic E-state index is 10.7. The van der Waals surface area contributed by atoms with E-state index in [1.54, 1.807) is 7.11 Å². The first-order chi connectivity index (χ1) is 16.5. The zero-order chi connectivity index (χ0) is 23.7. The second kappa shape index (κ2) is 9.69. The lowest BCUT2D eigenvalue weighted by atomic mass is 9.85. The van der Waals surface area contributed by atoms with Gasteiger partial charge in [-0.15, -0.1) is 0 Å². The van der Waals surface area contributed by atoms with Gasteiger partial charge in [-0.2, -0.15) is 0 Å². The van der Waals surface area contributed by atoms with E-state index in [4.69, 9.17) is 9.47 Å². The second-order valence-corrected chi connectivity index (χ2v) is 9.67. The van der Waals surface area contributed by atoms with E-state index in [0.29, 0.717) is 25.1 Å². The van der Waals surface area contributed by atoms with Crippen molar-refractivity contribution in [3.05, 3.63) is 71.9 Å². The Labute approximate surface area is 201 Å². The third-order valence-corrected chi connectivity index (χ3v) is 7.19. The Hall–Kier alpha value is -3.02. The number of hydrogen-bond donors (Lipinski definition) is 2. The van der Waals surface area contributed by atoms with Crippen molar-refractivity contribution in [3.63, 3.8) is 0 Å². The second-order valence-electron chi connectivity index (χ2n) is 9.67. The maximum Gasteiger partial charge on any atom is 0.128 e. The summed E-state index contributed by atoms with van der Waals surface area (Å²) in [7, 11) is 1.71. The number of aromatic amines is 1. The van der Waals surface area contributed by atoms with E-state index in [1.165, 1.54) is 16.3 Å². The topological polar surface area (TPSA) is 57.7 Å². The lowest BCUT2D eigenvalue weighted by Crippen LogP contribution is -2.45. The minimum absolute atomic E-state index is 0.296. The summed E-state index contributed by atoms with van der Waals surface area (Å²) >= 11 is 0. The fourth-order valence-electron chi connectivity index (χ4n) is 5.32. The van der Waals surface area contributed by atoms with Gasteiger partial charge in [0.1, 0.15) is 24.2 Å². The number of ether oxygens (including phenoxy) is 2. The van der Waals surface area contributed by atoms with Crippen LogP contribution in [0.4, 0.5) is 0 Å². The van der Waals surface area contributed by atoms with Gasteiger partial charge in [-0.1, -0.05) is 30.3 Å². The first kappa shape index (κ1) is 22.8. The Balaban J connectivity index is 1.17. The van der Waals surface area contributed by atoms with Gasteiger partial charge in [0.2, 0.25) is 0 Å². The van der Waals surface area contributed by atoms with Crippen molar-refractivity contribution in [1.82, 2.24) is 9.88 Å². The number of aryl methyl sites for hydroxylation is 1. The van der Waals surface area contributed by atoms with E-state index in [0.717, 1.165) is 47.5 Å². The molecule has 2 heterocycles. The molecule has 0 aliphatic carbocycles. The first-order valence-corrected chi connectivity index (χ1v) is 12.2. The molecule has 3 aromatic carbocycles. The Morgan fingerprint density at radius 3 is 2.74 bits per heavy atom. The molecule has 178 valence electrons. The van der Waals surface area contributed by atoms with Crippen LogP contribution in [0.5, 0.6) is 11.5 Å². The van der Waals surface area contributed by atoms with Crippen LogP contribution in [0.3, 0.4) is 0 Å². The Morgan fingerprint density at radius 1 is 1.09 bits per heavy atom. The van der Waals surface area contributed by atoms with Crippen molar-refractivity contribution < 1.29 is 14.6 Å². The fourth-order valence-corrected chi connectivity index (χ4v) is 5.32. The van der Waals surface area contributed by atoms with Crippen LogP contribution in [0.15, 0.2) is 60.7 Å². The molecule has 5 nitrogen and oxygen atoms in total. The molecule has 0 radical (unpaired) electrons. The van der Waals surface area contributed by atoms with E-state index >= 15 is 0 Å². The number of nitrogens with one attached hydrogen (secondary N) is 1. The zero-order valence-corrected chi connectivity index (χ0v) is 20.3. The highest BCUT2D eigenvalue weighted by molar-refractivity contribution is 5.86. The predicted octanol–water partition coefficient (Wildman–Crippen LogP) is 5.65. The molecule has 1 aliphatic heterocycles. The van der Waals surface area contributed by atoms with Gasteiger partial charge < -0.3 is 19.6 Å². The first-order valence-electron chi connectivity index (χ1n) is 12.2. The average Bonchev–Trinajstić information content (AvgIpc) is 3.24. The van der Waals surface area contributed by atoms with E-state index in [1.807, 2.05) is 31.2 Å².